The Hall–Kier alpha value is -1.12. The van der Waals surface area contributed by atoms with Crippen LogP contribution < -0.4 is 0 Å². The Morgan fingerprint density at radius 3 is 2.64 bits per heavy atom. The zero-order valence-electron chi connectivity index (χ0n) is 6.92. The van der Waals surface area contributed by atoms with Crippen molar-refractivity contribution < 1.29 is 9.32 Å². The molecule has 0 atom stereocenters. The molecule has 0 aromatic carbocycles. The van der Waals surface area contributed by atoms with Gasteiger partial charge in [-0.3, -0.25) is 4.79 Å². The summed E-state index contributed by atoms with van der Waals surface area (Å²) in [5, 5.41) is 3.61. The van der Waals surface area contributed by atoms with Gasteiger partial charge < -0.3 is 4.52 Å². The molecule has 1 rings (SSSR count). The number of carbonyl (C=O) groups is 1. The third-order valence-electron chi connectivity index (χ3n) is 1.55. The van der Waals surface area contributed by atoms with E-state index in [1.165, 1.54) is 13.2 Å². The van der Waals surface area contributed by atoms with Gasteiger partial charge in [-0.05, 0) is 5.92 Å². The molecule has 1 aromatic heterocycles. The van der Waals surface area contributed by atoms with Crippen LogP contribution in [0.1, 0.15) is 42.7 Å². The summed E-state index contributed by atoms with van der Waals surface area (Å²) in [6, 6.07) is 0. The van der Waals surface area contributed by atoms with Crippen LogP contribution in [0, 0.1) is 0 Å². The highest BCUT2D eigenvalue weighted by molar-refractivity contribution is 5.93. The number of Topliss-reactive ketones (excluding diaryl/α,β-unsaturated/α-hetero) is 1. The van der Waals surface area contributed by atoms with Gasteiger partial charge in [0.25, 0.3) is 0 Å². The number of nitrogens with zero attached hydrogens (tertiary/aromatic N) is 1. The summed E-state index contributed by atoms with van der Waals surface area (Å²) < 4.78 is 4.70. The molecule has 1 heterocycles. The van der Waals surface area contributed by atoms with E-state index >= 15 is 0 Å². The van der Waals surface area contributed by atoms with Gasteiger partial charge in [0, 0.05) is 12.5 Å². The average Bonchev–Trinajstić information content (AvgIpc) is 2.32. The lowest BCUT2D eigenvalue weighted by molar-refractivity contribution is 0.100. The highest BCUT2D eigenvalue weighted by Gasteiger charge is 2.14. The molecule has 0 aliphatic carbocycles. The van der Waals surface area contributed by atoms with Crippen LogP contribution in [0.2, 0.25) is 0 Å². The van der Waals surface area contributed by atoms with E-state index in [9.17, 15) is 4.79 Å². The molecule has 11 heavy (non-hydrogen) atoms. The second-order valence-electron chi connectivity index (χ2n) is 2.83. The second-order valence-corrected chi connectivity index (χ2v) is 2.83. The monoisotopic (exact) mass is 153 g/mol. The SMILES string of the molecule is CC(=O)c1nocc1C(C)C. The summed E-state index contributed by atoms with van der Waals surface area (Å²) in [7, 11) is 0. The molecule has 0 radical (unpaired) electrons. The van der Waals surface area contributed by atoms with E-state index in [1.54, 1.807) is 0 Å². The number of hydrogen-bond donors (Lipinski definition) is 0. The molecule has 0 aliphatic heterocycles. The van der Waals surface area contributed by atoms with Crippen molar-refractivity contribution in [1.29, 1.82) is 0 Å². The molecular weight excluding hydrogens is 142 g/mol. The van der Waals surface area contributed by atoms with Crippen molar-refractivity contribution in [1.82, 2.24) is 5.16 Å². The van der Waals surface area contributed by atoms with Crippen LogP contribution in [-0.2, 0) is 0 Å². The second kappa shape index (κ2) is 2.86. The first kappa shape index (κ1) is 7.98. The summed E-state index contributed by atoms with van der Waals surface area (Å²) in [5.74, 6) is 0.252. The molecular formula is C8H11NO2. The van der Waals surface area contributed by atoms with Crippen molar-refractivity contribution in [2.45, 2.75) is 26.7 Å². The number of rotatable bonds is 2. The van der Waals surface area contributed by atoms with Crippen LogP contribution in [0.5, 0.6) is 0 Å². The zero-order chi connectivity index (χ0) is 8.43. The summed E-state index contributed by atoms with van der Waals surface area (Å²) in [6.45, 7) is 5.49. The van der Waals surface area contributed by atoms with Crippen LogP contribution in [0.4, 0.5) is 0 Å². The highest BCUT2D eigenvalue weighted by atomic mass is 16.5. The minimum absolute atomic E-state index is 0.0394. The van der Waals surface area contributed by atoms with Crippen molar-refractivity contribution in [3.63, 3.8) is 0 Å². The van der Waals surface area contributed by atoms with Gasteiger partial charge in [0.2, 0.25) is 0 Å². The molecule has 60 valence electrons. The van der Waals surface area contributed by atoms with E-state index in [-0.39, 0.29) is 5.78 Å². The van der Waals surface area contributed by atoms with Gasteiger partial charge in [-0.2, -0.15) is 0 Å². The molecule has 3 heteroatoms. The third-order valence-corrected chi connectivity index (χ3v) is 1.55. The van der Waals surface area contributed by atoms with Gasteiger partial charge in [-0.25, -0.2) is 0 Å². The molecule has 0 saturated heterocycles. The van der Waals surface area contributed by atoms with Crippen LogP contribution in [0.3, 0.4) is 0 Å². The van der Waals surface area contributed by atoms with Gasteiger partial charge in [0.05, 0.1) is 0 Å². The molecule has 0 spiro atoms. The predicted molar refractivity (Wildman–Crippen MR) is 40.6 cm³/mol. The summed E-state index contributed by atoms with van der Waals surface area (Å²) >= 11 is 0. The van der Waals surface area contributed by atoms with Crippen LogP contribution in [0.15, 0.2) is 10.8 Å². The topological polar surface area (TPSA) is 43.1 Å². The largest absolute Gasteiger partial charge is 0.364 e. The lowest BCUT2D eigenvalue weighted by Crippen LogP contribution is -1.98. The maximum Gasteiger partial charge on any atom is 0.181 e. The molecule has 3 nitrogen and oxygen atoms in total. The maximum absolute atomic E-state index is 10.9. The van der Waals surface area contributed by atoms with Crippen LogP contribution in [-0.4, -0.2) is 10.9 Å². The standard InChI is InChI=1S/C8H11NO2/c1-5(2)7-4-11-9-8(7)6(3)10/h4-5H,1-3H3. The Labute approximate surface area is 65.4 Å². The smallest absolute Gasteiger partial charge is 0.181 e. The highest BCUT2D eigenvalue weighted by Crippen LogP contribution is 2.18. The number of hydrogen-bond acceptors (Lipinski definition) is 3. The fourth-order valence-electron chi connectivity index (χ4n) is 0.921. The van der Waals surface area contributed by atoms with Crippen molar-refractivity contribution in [2.24, 2.45) is 0 Å². The summed E-state index contributed by atoms with van der Waals surface area (Å²) in [5.41, 5.74) is 1.34. The van der Waals surface area contributed by atoms with Gasteiger partial charge >= 0.3 is 0 Å². The zero-order valence-corrected chi connectivity index (χ0v) is 6.92. The molecule has 0 amide bonds. The Morgan fingerprint density at radius 2 is 2.27 bits per heavy atom. The molecule has 0 bridgehead atoms. The third kappa shape index (κ3) is 1.48. The molecule has 0 aliphatic rings. The first-order valence-electron chi connectivity index (χ1n) is 3.58. The van der Waals surface area contributed by atoms with E-state index < -0.39 is 0 Å². The van der Waals surface area contributed by atoms with Crippen LogP contribution >= 0.6 is 0 Å². The fourth-order valence-corrected chi connectivity index (χ4v) is 0.921. The van der Waals surface area contributed by atoms with Crippen LogP contribution in [0.25, 0.3) is 0 Å². The average molecular weight is 153 g/mol. The van der Waals surface area contributed by atoms with Gasteiger partial charge in [0.15, 0.2) is 11.5 Å². The Morgan fingerprint density at radius 1 is 1.64 bits per heavy atom. The molecule has 0 N–H and O–H groups in total. The van der Waals surface area contributed by atoms with E-state index in [0.29, 0.717) is 11.6 Å². The lowest BCUT2D eigenvalue weighted by atomic mass is 10.0. The molecule has 1 aromatic rings. The van der Waals surface area contributed by atoms with Gasteiger partial charge in [-0.1, -0.05) is 19.0 Å². The normalized spacial score (nSPS) is 10.5. The fraction of sp³-hybridized carbons (Fsp3) is 0.500. The molecule has 0 saturated carbocycles. The first-order chi connectivity index (χ1) is 5.13. The van der Waals surface area contributed by atoms with E-state index in [0.717, 1.165) is 5.56 Å². The van der Waals surface area contributed by atoms with E-state index in [1.807, 2.05) is 13.8 Å². The number of aromatic nitrogens is 1. The van der Waals surface area contributed by atoms with Crippen molar-refractivity contribution in [3.8, 4) is 0 Å². The minimum Gasteiger partial charge on any atom is -0.364 e. The van der Waals surface area contributed by atoms with Crippen molar-refractivity contribution >= 4 is 5.78 Å². The maximum atomic E-state index is 10.9. The van der Waals surface area contributed by atoms with Gasteiger partial charge in [-0.15, -0.1) is 0 Å². The Kier molecular flexibility index (Phi) is 2.08. The Bertz CT molecular complexity index is 263. The van der Waals surface area contributed by atoms with E-state index in [4.69, 9.17) is 4.52 Å². The first-order valence-corrected chi connectivity index (χ1v) is 3.58. The summed E-state index contributed by atoms with van der Waals surface area (Å²) in [4.78, 5) is 10.9. The van der Waals surface area contributed by atoms with Crippen molar-refractivity contribution in [3.05, 3.63) is 17.5 Å². The Balaban J connectivity index is 3.06. The predicted octanol–water partition coefficient (Wildman–Crippen LogP) is 2.00. The minimum atomic E-state index is -0.0394. The summed E-state index contributed by atoms with van der Waals surface area (Å²) in [6.07, 6.45) is 1.53. The molecule has 0 fully saturated rings. The number of carbonyl (C=O) groups excluding carboxylic acids is 1. The quantitative estimate of drug-likeness (QED) is 0.610. The van der Waals surface area contributed by atoms with Crippen molar-refractivity contribution in [2.75, 3.05) is 0 Å². The molecule has 0 unspecified atom stereocenters. The lowest BCUT2D eigenvalue weighted by Gasteiger charge is -1.99. The van der Waals surface area contributed by atoms with Gasteiger partial charge in [0.1, 0.15) is 6.26 Å². The number of ketones is 1. The van der Waals surface area contributed by atoms with E-state index in [2.05, 4.69) is 5.16 Å².